The summed E-state index contributed by atoms with van der Waals surface area (Å²) in [6.07, 6.45) is 0.908. The van der Waals surface area contributed by atoms with E-state index in [2.05, 4.69) is 0 Å². The molecule has 0 aromatic carbocycles. The van der Waals surface area contributed by atoms with Crippen molar-refractivity contribution in [2.45, 2.75) is 19.8 Å². The minimum Gasteiger partial charge on any atom is -0.476 e. The third-order valence-electron chi connectivity index (χ3n) is 2.34. The smallest absolute Gasteiger partial charge is 0.372 e. The largest absolute Gasteiger partial charge is 0.476 e. The molecule has 0 bridgehead atoms. The molecule has 0 saturated carbocycles. The Bertz CT molecular complexity index is 200. The average molecular weight is 172 g/mol. The minimum atomic E-state index is -1.34. The molecule has 1 saturated heterocycles. The fourth-order valence-electron chi connectivity index (χ4n) is 1.24. The maximum Gasteiger partial charge on any atom is 0.372 e. The molecule has 68 valence electrons. The summed E-state index contributed by atoms with van der Waals surface area (Å²) in [6.45, 7) is 2.97. The van der Waals surface area contributed by atoms with Gasteiger partial charge in [-0.2, -0.15) is 0 Å². The van der Waals surface area contributed by atoms with Crippen molar-refractivity contribution >= 4 is 11.8 Å². The van der Waals surface area contributed by atoms with Crippen LogP contribution in [0.25, 0.3) is 0 Å². The highest BCUT2D eigenvalue weighted by Crippen LogP contribution is 2.34. The number of carbonyl (C=O) groups is 2. The third kappa shape index (κ3) is 1.64. The van der Waals surface area contributed by atoms with E-state index in [-0.39, 0.29) is 11.8 Å². The Balaban J connectivity index is 2.48. The number of ether oxygens (including phenoxy) is 1. The van der Waals surface area contributed by atoms with E-state index in [1.165, 1.54) is 0 Å². The van der Waals surface area contributed by atoms with Crippen LogP contribution in [0.4, 0.5) is 0 Å². The van der Waals surface area contributed by atoms with Crippen LogP contribution in [0.5, 0.6) is 0 Å². The molecule has 12 heavy (non-hydrogen) atoms. The minimum absolute atomic E-state index is 0.110. The van der Waals surface area contributed by atoms with Crippen LogP contribution in [0.15, 0.2) is 0 Å². The van der Waals surface area contributed by atoms with Gasteiger partial charge in [0, 0.05) is 11.8 Å². The molecule has 0 aromatic rings. The van der Waals surface area contributed by atoms with Gasteiger partial charge in [-0.15, -0.1) is 0 Å². The molecular formula is C8H12O4. The highest BCUT2D eigenvalue weighted by Gasteiger charge is 2.39. The molecule has 1 aliphatic rings. The van der Waals surface area contributed by atoms with Gasteiger partial charge in [-0.25, -0.2) is 4.79 Å². The Morgan fingerprint density at radius 3 is 2.33 bits per heavy atom. The lowest BCUT2D eigenvalue weighted by Gasteiger charge is -2.39. The van der Waals surface area contributed by atoms with E-state index in [1.807, 2.05) is 6.92 Å². The molecule has 0 aromatic heterocycles. The summed E-state index contributed by atoms with van der Waals surface area (Å²) in [5, 5.41) is 8.37. The number of Topliss-reactive ketones (excluding diaryl/α,β-unsaturated/α-hetero) is 1. The van der Waals surface area contributed by atoms with E-state index in [0.29, 0.717) is 13.2 Å². The second-order valence-electron chi connectivity index (χ2n) is 3.25. The van der Waals surface area contributed by atoms with Gasteiger partial charge in [0.15, 0.2) is 0 Å². The van der Waals surface area contributed by atoms with E-state index in [0.717, 1.165) is 6.42 Å². The average Bonchev–Trinajstić information content (AvgIpc) is 1.96. The first-order valence-corrected chi connectivity index (χ1v) is 3.93. The fourth-order valence-corrected chi connectivity index (χ4v) is 1.24. The summed E-state index contributed by atoms with van der Waals surface area (Å²) in [7, 11) is 0. The van der Waals surface area contributed by atoms with E-state index in [9.17, 15) is 9.59 Å². The van der Waals surface area contributed by atoms with Gasteiger partial charge in [-0.1, -0.05) is 6.92 Å². The Morgan fingerprint density at radius 1 is 1.50 bits per heavy atom. The first-order valence-electron chi connectivity index (χ1n) is 3.93. The molecule has 0 aliphatic carbocycles. The zero-order chi connectivity index (χ0) is 9.19. The van der Waals surface area contributed by atoms with Gasteiger partial charge in [-0.05, 0) is 6.42 Å². The van der Waals surface area contributed by atoms with E-state index in [1.54, 1.807) is 0 Å². The topological polar surface area (TPSA) is 63.6 Å². The summed E-state index contributed by atoms with van der Waals surface area (Å²) in [4.78, 5) is 21.1. The van der Waals surface area contributed by atoms with Gasteiger partial charge in [0.1, 0.15) is 0 Å². The van der Waals surface area contributed by atoms with Crippen molar-refractivity contribution in [2.24, 2.45) is 5.41 Å². The number of rotatable bonds is 4. The van der Waals surface area contributed by atoms with Crippen molar-refractivity contribution in [3.63, 3.8) is 0 Å². The van der Waals surface area contributed by atoms with Crippen molar-refractivity contribution < 1.29 is 19.4 Å². The zero-order valence-corrected chi connectivity index (χ0v) is 7.00. The number of ketones is 1. The van der Waals surface area contributed by atoms with E-state index in [4.69, 9.17) is 9.84 Å². The standard InChI is InChI=1S/C8H12O4/c1-2-8(4-12-5-8)3-6(9)7(10)11/h2-5H2,1H3,(H,10,11). The van der Waals surface area contributed by atoms with Crippen molar-refractivity contribution in [3.8, 4) is 0 Å². The summed E-state index contributed by atoms with van der Waals surface area (Å²) >= 11 is 0. The van der Waals surface area contributed by atoms with Gasteiger partial charge in [0.25, 0.3) is 0 Å². The fraction of sp³-hybridized carbons (Fsp3) is 0.750. The number of hydrogen-bond donors (Lipinski definition) is 1. The van der Waals surface area contributed by atoms with Gasteiger partial charge in [0.2, 0.25) is 5.78 Å². The molecule has 0 atom stereocenters. The van der Waals surface area contributed by atoms with Gasteiger partial charge in [0.05, 0.1) is 13.2 Å². The predicted octanol–water partition coefficient (Wildman–Crippen LogP) is 0.457. The third-order valence-corrected chi connectivity index (χ3v) is 2.34. The molecule has 1 fully saturated rings. The molecule has 4 heteroatoms. The molecule has 0 amide bonds. The molecule has 4 nitrogen and oxygen atoms in total. The van der Waals surface area contributed by atoms with Gasteiger partial charge >= 0.3 is 5.97 Å². The summed E-state index contributed by atoms with van der Waals surface area (Å²) in [6, 6.07) is 0. The SMILES string of the molecule is CCC1(CC(=O)C(=O)O)COC1. The summed E-state index contributed by atoms with van der Waals surface area (Å²) in [5.41, 5.74) is -0.185. The van der Waals surface area contributed by atoms with Crippen LogP contribution < -0.4 is 0 Å². The first kappa shape index (κ1) is 9.19. The zero-order valence-electron chi connectivity index (χ0n) is 7.00. The molecule has 0 unspecified atom stereocenters. The van der Waals surface area contributed by atoms with E-state index >= 15 is 0 Å². The Kier molecular flexibility index (Phi) is 2.47. The molecule has 1 rings (SSSR count). The number of hydrogen-bond acceptors (Lipinski definition) is 3. The van der Waals surface area contributed by atoms with Crippen LogP contribution >= 0.6 is 0 Å². The van der Waals surface area contributed by atoms with Crippen LogP contribution in [0.3, 0.4) is 0 Å². The normalized spacial score (nSPS) is 19.8. The molecule has 1 N–H and O–H groups in total. The Labute approximate surface area is 70.5 Å². The van der Waals surface area contributed by atoms with Crippen molar-refractivity contribution in [1.82, 2.24) is 0 Å². The number of carbonyl (C=O) groups excluding carboxylic acids is 1. The van der Waals surface area contributed by atoms with Crippen LogP contribution in [-0.2, 0) is 14.3 Å². The maximum atomic E-state index is 10.9. The Hall–Kier alpha value is -0.900. The molecular weight excluding hydrogens is 160 g/mol. The highest BCUT2D eigenvalue weighted by atomic mass is 16.5. The lowest BCUT2D eigenvalue weighted by molar-refractivity contribution is -0.158. The van der Waals surface area contributed by atoms with Crippen LogP contribution in [0.2, 0.25) is 0 Å². The molecule has 0 radical (unpaired) electrons. The number of aliphatic carboxylic acids is 1. The highest BCUT2D eigenvalue weighted by molar-refractivity contribution is 6.32. The lowest BCUT2D eigenvalue weighted by atomic mass is 9.78. The quantitative estimate of drug-likeness (QED) is 0.625. The molecule has 1 heterocycles. The van der Waals surface area contributed by atoms with Crippen LogP contribution in [0, 0.1) is 5.41 Å². The Morgan fingerprint density at radius 2 is 2.08 bits per heavy atom. The lowest BCUT2D eigenvalue weighted by Crippen LogP contribution is -2.44. The van der Waals surface area contributed by atoms with Crippen molar-refractivity contribution in [3.05, 3.63) is 0 Å². The van der Waals surface area contributed by atoms with Crippen molar-refractivity contribution in [1.29, 1.82) is 0 Å². The van der Waals surface area contributed by atoms with Crippen LogP contribution in [0.1, 0.15) is 19.8 Å². The van der Waals surface area contributed by atoms with Crippen molar-refractivity contribution in [2.75, 3.05) is 13.2 Å². The monoisotopic (exact) mass is 172 g/mol. The maximum absolute atomic E-state index is 10.9. The predicted molar refractivity (Wildman–Crippen MR) is 40.8 cm³/mol. The van der Waals surface area contributed by atoms with Crippen LogP contribution in [-0.4, -0.2) is 30.1 Å². The second kappa shape index (κ2) is 3.23. The second-order valence-corrected chi connectivity index (χ2v) is 3.25. The molecule has 0 spiro atoms. The first-order chi connectivity index (χ1) is 5.59. The summed E-state index contributed by atoms with van der Waals surface area (Å²) < 4.78 is 4.96. The number of carboxylic acid groups (broad SMARTS) is 1. The number of carboxylic acids is 1. The summed E-state index contributed by atoms with van der Waals surface area (Å²) in [5.74, 6) is -2.05. The van der Waals surface area contributed by atoms with Gasteiger partial charge < -0.3 is 9.84 Å². The molecule has 1 aliphatic heterocycles. The van der Waals surface area contributed by atoms with E-state index < -0.39 is 11.8 Å². The van der Waals surface area contributed by atoms with Gasteiger partial charge in [-0.3, -0.25) is 4.79 Å².